The van der Waals surface area contributed by atoms with Crippen LogP contribution in [0.4, 0.5) is 0 Å². The molecule has 3 N–H and O–H groups in total. The van der Waals surface area contributed by atoms with E-state index in [1.54, 1.807) is 0 Å². The summed E-state index contributed by atoms with van der Waals surface area (Å²) in [6.45, 7) is 4.12. The van der Waals surface area contributed by atoms with Crippen molar-refractivity contribution < 1.29 is 13.2 Å². The van der Waals surface area contributed by atoms with Gasteiger partial charge in [-0.3, -0.25) is 4.79 Å². The van der Waals surface area contributed by atoms with Gasteiger partial charge in [0.25, 0.3) is 0 Å². The van der Waals surface area contributed by atoms with Gasteiger partial charge < -0.3 is 10.6 Å². The summed E-state index contributed by atoms with van der Waals surface area (Å²) >= 11 is 0. The van der Waals surface area contributed by atoms with Crippen LogP contribution in [0.3, 0.4) is 0 Å². The van der Waals surface area contributed by atoms with Crippen LogP contribution in [0.2, 0.25) is 0 Å². The van der Waals surface area contributed by atoms with Crippen LogP contribution < -0.4 is 15.4 Å². The van der Waals surface area contributed by atoms with Gasteiger partial charge in [0.05, 0.1) is 11.7 Å². The molecule has 6 nitrogen and oxygen atoms in total. The highest BCUT2D eigenvalue weighted by molar-refractivity contribution is 7.88. The molecule has 0 aromatic heterocycles. The average molecular weight is 300 g/mol. The average Bonchev–Trinajstić information content (AvgIpc) is 2.24. The Morgan fingerprint density at radius 1 is 1.39 bits per heavy atom. The number of carbonyl (C=O) groups excluding carboxylic acids is 1. The van der Waals surface area contributed by atoms with Crippen molar-refractivity contribution in [3.63, 3.8) is 0 Å². The molecular weight excluding hydrogens is 278 g/mol. The summed E-state index contributed by atoms with van der Waals surface area (Å²) < 4.78 is 23.9. The van der Waals surface area contributed by atoms with Crippen LogP contribution in [-0.4, -0.2) is 46.8 Å². The molecule has 1 atom stereocenters. The van der Waals surface area contributed by atoms with E-state index in [9.17, 15) is 13.2 Å². The van der Waals surface area contributed by atoms with Gasteiger partial charge in [-0.1, -0.05) is 0 Å². The quantitative estimate of drug-likeness (QED) is 0.595. The van der Waals surface area contributed by atoms with E-state index in [2.05, 4.69) is 15.4 Å². The number of halogens is 1. The highest BCUT2D eigenvalue weighted by atomic mass is 35.5. The van der Waals surface area contributed by atoms with Crippen molar-refractivity contribution in [1.82, 2.24) is 15.4 Å². The Morgan fingerprint density at radius 2 is 2.06 bits per heavy atom. The van der Waals surface area contributed by atoms with Gasteiger partial charge >= 0.3 is 0 Å². The first kappa shape index (κ1) is 17.6. The van der Waals surface area contributed by atoms with Crippen LogP contribution in [0, 0.1) is 5.41 Å². The van der Waals surface area contributed by atoms with E-state index in [0.717, 1.165) is 25.6 Å². The number of amides is 1. The number of hydrogen-bond acceptors (Lipinski definition) is 4. The Balaban J connectivity index is 0.00000289. The summed E-state index contributed by atoms with van der Waals surface area (Å²) in [7, 11) is -3.18. The normalized spacial score (nSPS) is 24.1. The molecule has 1 unspecified atom stereocenters. The largest absolute Gasteiger partial charge is 0.354 e. The lowest BCUT2D eigenvalue weighted by Gasteiger charge is -2.32. The zero-order chi connectivity index (χ0) is 12.9. The molecule has 1 saturated heterocycles. The maximum absolute atomic E-state index is 11.9. The van der Waals surface area contributed by atoms with Crippen LogP contribution in [-0.2, 0) is 14.8 Å². The number of piperidine rings is 1. The van der Waals surface area contributed by atoms with Gasteiger partial charge in [0, 0.05) is 19.6 Å². The second kappa shape index (κ2) is 7.28. The van der Waals surface area contributed by atoms with E-state index in [1.165, 1.54) is 0 Å². The predicted molar refractivity (Wildman–Crippen MR) is 73.3 cm³/mol. The lowest BCUT2D eigenvalue weighted by atomic mass is 9.82. The Morgan fingerprint density at radius 3 is 2.56 bits per heavy atom. The van der Waals surface area contributed by atoms with Crippen LogP contribution in [0.25, 0.3) is 0 Å². The van der Waals surface area contributed by atoms with Gasteiger partial charge in [0.15, 0.2) is 0 Å². The van der Waals surface area contributed by atoms with Crippen LogP contribution in [0.15, 0.2) is 0 Å². The van der Waals surface area contributed by atoms with E-state index in [-0.39, 0.29) is 30.3 Å². The van der Waals surface area contributed by atoms with Crippen molar-refractivity contribution in [3.8, 4) is 0 Å². The SMILES string of the molecule is CC1(C(=O)NCCNS(C)(=O)=O)CCCNC1.Cl. The first-order chi connectivity index (χ1) is 7.83. The van der Waals surface area contributed by atoms with Crippen molar-refractivity contribution >= 4 is 28.3 Å². The molecule has 1 rings (SSSR count). The predicted octanol–water partition coefficient (Wildman–Crippen LogP) is -0.537. The molecule has 1 fully saturated rings. The van der Waals surface area contributed by atoms with E-state index in [4.69, 9.17) is 0 Å². The smallest absolute Gasteiger partial charge is 0.227 e. The summed E-state index contributed by atoms with van der Waals surface area (Å²) in [5.74, 6) is -0.0139. The number of hydrogen-bond donors (Lipinski definition) is 3. The van der Waals surface area contributed by atoms with E-state index in [0.29, 0.717) is 13.1 Å². The van der Waals surface area contributed by atoms with Crippen LogP contribution in [0.5, 0.6) is 0 Å². The van der Waals surface area contributed by atoms with Gasteiger partial charge in [0.1, 0.15) is 0 Å². The first-order valence-electron chi connectivity index (χ1n) is 5.77. The van der Waals surface area contributed by atoms with Crippen LogP contribution in [0.1, 0.15) is 19.8 Å². The zero-order valence-corrected chi connectivity index (χ0v) is 12.4. The summed E-state index contributed by atoms with van der Waals surface area (Å²) in [6.07, 6.45) is 2.96. The summed E-state index contributed by atoms with van der Waals surface area (Å²) in [6, 6.07) is 0. The minimum atomic E-state index is -3.18. The molecule has 1 heterocycles. The number of carbonyl (C=O) groups is 1. The second-order valence-electron chi connectivity index (χ2n) is 4.76. The molecule has 8 heteroatoms. The number of nitrogens with one attached hydrogen (secondary N) is 3. The van der Waals surface area contributed by atoms with Crippen molar-refractivity contribution in [2.24, 2.45) is 5.41 Å². The highest BCUT2D eigenvalue weighted by Crippen LogP contribution is 2.25. The van der Waals surface area contributed by atoms with Gasteiger partial charge in [-0.15, -0.1) is 12.4 Å². The monoisotopic (exact) mass is 299 g/mol. The van der Waals surface area contributed by atoms with Gasteiger partial charge in [-0.25, -0.2) is 13.1 Å². The van der Waals surface area contributed by atoms with E-state index in [1.807, 2.05) is 6.92 Å². The molecule has 108 valence electrons. The maximum atomic E-state index is 11.9. The van der Waals surface area contributed by atoms with Crippen molar-refractivity contribution in [2.45, 2.75) is 19.8 Å². The second-order valence-corrected chi connectivity index (χ2v) is 6.60. The number of sulfonamides is 1. The molecule has 0 aromatic rings. The van der Waals surface area contributed by atoms with E-state index < -0.39 is 10.0 Å². The van der Waals surface area contributed by atoms with Crippen molar-refractivity contribution in [2.75, 3.05) is 32.4 Å². The number of rotatable bonds is 5. The molecule has 0 spiro atoms. The fraction of sp³-hybridized carbons (Fsp3) is 0.900. The summed E-state index contributed by atoms with van der Waals surface area (Å²) in [4.78, 5) is 11.9. The molecule has 18 heavy (non-hydrogen) atoms. The Bertz CT molecular complexity index is 367. The summed E-state index contributed by atoms with van der Waals surface area (Å²) in [5, 5.41) is 5.96. The fourth-order valence-electron chi connectivity index (χ4n) is 1.88. The Hall–Kier alpha value is -0.370. The molecular formula is C10H22ClN3O3S. The molecule has 1 aliphatic heterocycles. The minimum Gasteiger partial charge on any atom is -0.354 e. The molecule has 0 aromatic carbocycles. The molecule has 0 aliphatic carbocycles. The van der Waals surface area contributed by atoms with Gasteiger partial charge in [0.2, 0.25) is 15.9 Å². The minimum absolute atomic E-state index is 0. The highest BCUT2D eigenvalue weighted by Gasteiger charge is 2.34. The molecule has 1 amide bonds. The lowest BCUT2D eigenvalue weighted by Crippen LogP contribution is -2.49. The topological polar surface area (TPSA) is 87.3 Å². The zero-order valence-electron chi connectivity index (χ0n) is 10.8. The van der Waals surface area contributed by atoms with Gasteiger partial charge in [-0.05, 0) is 26.3 Å². The summed E-state index contributed by atoms with van der Waals surface area (Å²) in [5.41, 5.74) is -0.372. The fourth-order valence-corrected chi connectivity index (χ4v) is 2.35. The standard InChI is InChI=1S/C10H21N3O3S.ClH/c1-10(4-3-5-11-8-10)9(14)12-6-7-13-17(2,15)16;/h11,13H,3-8H2,1-2H3,(H,12,14);1H. The van der Waals surface area contributed by atoms with Crippen LogP contribution >= 0.6 is 12.4 Å². The molecule has 0 bridgehead atoms. The Kier molecular flexibility index (Phi) is 7.13. The third kappa shape index (κ3) is 5.99. The first-order valence-corrected chi connectivity index (χ1v) is 7.66. The van der Waals surface area contributed by atoms with Crippen molar-refractivity contribution in [1.29, 1.82) is 0 Å². The van der Waals surface area contributed by atoms with Crippen molar-refractivity contribution in [3.05, 3.63) is 0 Å². The lowest BCUT2D eigenvalue weighted by molar-refractivity contribution is -0.131. The van der Waals surface area contributed by atoms with E-state index >= 15 is 0 Å². The maximum Gasteiger partial charge on any atom is 0.227 e. The molecule has 0 radical (unpaired) electrons. The Labute approximate surface area is 115 Å². The third-order valence-electron chi connectivity index (χ3n) is 2.92. The third-order valence-corrected chi connectivity index (χ3v) is 3.65. The molecule has 1 aliphatic rings. The van der Waals surface area contributed by atoms with Gasteiger partial charge in [-0.2, -0.15) is 0 Å². The molecule has 0 saturated carbocycles.